The van der Waals surface area contributed by atoms with Gasteiger partial charge >= 0.3 is 5.97 Å². The van der Waals surface area contributed by atoms with Crippen molar-refractivity contribution < 1.29 is 9.90 Å². The highest BCUT2D eigenvalue weighted by atomic mass is 16.4. The second-order valence-corrected chi connectivity index (χ2v) is 3.76. The lowest BCUT2D eigenvalue weighted by Crippen LogP contribution is -2.16. The molecule has 0 aliphatic rings. The standard InChI is InChI=1S/C13H13N3O2/c17-13(18)11-2-1-5-16-12(11)9-15-8-10-3-6-14-7-4-10/h1-7,15H,8-9H2,(H,17,18). The van der Waals surface area contributed by atoms with Crippen molar-refractivity contribution >= 4 is 5.97 Å². The summed E-state index contributed by atoms with van der Waals surface area (Å²) in [6.07, 6.45) is 5.04. The molecule has 0 fully saturated rings. The minimum absolute atomic E-state index is 0.236. The SMILES string of the molecule is O=C(O)c1cccnc1CNCc1ccncc1. The molecule has 0 atom stereocenters. The first-order valence-corrected chi connectivity index (χ1v) is 5.54. The van der Waals surface area contributed by atoms with Gasteiger partial charge in [0.15, 0.2) is 0 Å². The highest BCUT2D eigenvalue weighted by Crippen LogP contribution is 2.05. The van der Waals surface area contributed by atoms with Gasteiger partial charge in [0, 0.05) is 31.7 Å². The molecule has 5 heteroatoms. The molecule has 2 heterocycles. The molecule has 2 N–H and O–H groups in total. The lowest BCUT2D eigenvalue weighted by molar-refractivity contribution is 0.0695. The van der Waals surface area contributed by atoms with Crippen LogP contribution in [-0.4, -0.2) is 21.0 Å². The van der Waals surface area contributed by atoms with Gasteiger partial charge in [-0.15, -0.1) is 0 Å². The Morgan fingerprint density at radius 2 is 1.94 bits per heavy atom. The molecule has 2 aromatic rings. The normalized spacial score (nSPS) is 10.2. The molecule has 0 spiro atoms. The molecule has 0 saturated carbocycles. The van der Waals surface area contributed by atoms with Crippen LogP contribution in [0.25, 0.3) is 0 Å². The fraction of sp³-hybridized carbons (Fsp3) is 0.154. The van der Waals surface area contributed by atoms with Gasteiger partial charge in [0.2, 0.25) is 0 Å². The number of aromatic nitrogens is 2. The predicted molar refractivity (Wildman–Crippen MR) is 66.0 cm³/mol. The number of nitrogens with one attached hydrogen (secondary N) is 1. The molecule has 0 radical (unpaired) electrons. The van der Waals surface area contributed by atoms with Crippen molar-refractivity contribution in [3.05, 3.63) is 59.7 Å². The fourth-order valence-corrected chi connectivity index (χ4v) is 1.60. The van der Waals surface area contributed by atoms with Crippen LogP contribution >= 0.6 is 0 Å². The number of carboxylic acid groups (broad SMARTS) is 1. The van der Waals surface area contributed by atoms with Gasteiger partial charge in [0.1, 0.15) is 0 Å². The molecular formula is C13H13N3O2. The molecular weight excluding hydrogens is 230 g/mol. The zero-order valence-corrected chi connectivity index (χ0v) is 9.71. The highest BCUT2D eigenvalue weighted by molar-refractivity contribution is 5.88. The van der Waals surface area contributed by atoms with E-state index in [0.29, 0.717) is 18.8 Å². The number of hydrogen-bond donors (Lipinski definition) is 2. The molecule has 2 rings (SSSR count). The van der Waals surface area contributed by atoms with Crippen LogP contribution in [0.5, 0.6) is 0 Å². The second kappa shape index (κ2) is 5.88. The molecule has 0 saturated heterocycles. The first-order chi connectivity index (χ1) is 8.77. The van der Waals surface area contributed by atoms with Gasteiger partial charge < -0.3 is 10.4 Å². The van der Waals surface area contributed by atoms with Crippen molar-refractivity contribution in [2.75, 3.05) is 0 Å². The van der Waals surface area contributed by atoms with Crippen LogP contribution in [0.3, 0.4) is 0 Å². The van der Waals surface area contributed by atoms with Crippen molar-refractivity contribution in [1.82, 2.24) is 15.3 Å². The lowest BCUT2D eigenvalue weighted by atomic mass is 10.2. The summed E-state index contributed by atoms with van der Waals surface area (Å²) in [6.45, 7) is 1.07. The van der Waals surface area contributed by atoms with E-state index in [4.69, 9.17) is 5.11 Å². The van der Waals surface area contributed by atoms with E-state index in [1.165, 1.54) is 0 Å². The zero-order chi connectivity index (χ0) is 12.8. The van der Waals surface area contributed by atoms with Crippen molar-refractivity contribution in [2.24, 2.45) is 0 Å². The Kier molecular flexibility index (Phi) is 3.98. The summed E-state index contributed by atoms with van der Waals surface area (Å²) < 4.78 is 0. The maximum atomic E-state index is 11.0. The van der Waals surface area contributed by atoms with Crippen LogP contribution in [0.4, 0.5) is 0 Å². The Hall–Kier alpha value is -2.27. The van der Waals surface area contributed by atoms with Crippen LogP contribution < -0.4 is 5.32 Å². The molecule has 0 aliphatic carbocycles. The number of carbonyl (C=O) groups is 1. The van der Waals surface area contributed by atoms with Crippen LogP contribution in [0.2, 0.25) is 0 Å². The quantitative estimate of drug-likeness (QED) is 0.831. The zero-order valence-electron chi connectivity index (χ0n) is 9.71. The van der Waals surface area contributed by atoms with Crippen molar-refractivity contribution in [2.45, 2.75) is 13.1 Å². The molecule has 5 nitrogen and oxygen atoms in total. The van der Waals surface area contributed by atoms with Gasteiger partial charge in [0.05, 0.1) is 11.3 Å². The van der Waals surface area contributed by atoms with Gasteiger partial charge in [-0.3, -0.25) is 9.97 Å². The Labute approximate surface area is 105 Å². The Morgan fingerprint density at radius 1 is 1.17 bits per heavy atom. The third-order valence-corrected chi connectivity index (χ3v) is 2.49. The van der Waals surface area contributed by atoms with Crippen molar-refractivity contribution in [3.8, 4) is 0 Å². The lowest BCUT2D eigenvalue weighted by Gasteiger charge is -2.06. The third kappa shape index (κ3) is 3.11. The fourth-order valence-electron chi connectivity index (χ4n) is 1.60. The van der Waals surface area contributed by atoms with Gasteiger partial charge in [-0.05, 0) is 29.8 Å². The highest BCUT2D eigenvalue weighted by Gasteiger charge is 2.09. The monoisotopic (exact) mass is 243 g/mol. The summed E-state index contributed by atoms with van der Waals surface area (Å²) in [4.78, 5) is 19.0. The van der Waals surface area contributed by atoms with E-state index in [1.807, 2.05) is 12.1 Å². The molecule has 0 bridgehead atoms. The first-order valence-electron chi connectivity index (χ1n) is 5.54. The number of pyridine rings is 2. The Bertz CT molecular complexity index is 529. The summed E-state index contributed by atoms with van der Waals surface area (Å²) >= 11 is 0. The minimum atomic E-state index is -0.955. The van der Waals surface area contributed by atoms with E-state index >= 15 is 0 Å². The average molecular weight is 243 g/mol. The van der Waals surface area contributed by atoms with Crippen LogP contribution in [0.15, 0.2) is 42.9 Å². The molecule has 0 aromatic carbocycles. The third-order valence-electron chi connectivity index (χ3n) is 2.49. The number of hydrogen-bond acceptors (Lipinski definition) is 4. The van der Waals surface area contributed by atoms with Crippen molar-refractivity contribution in [1.29, 1.82) is 0 Å². The summed E-state index contributed by atoms with van der Waals surface area (Å²) in [5, 5.41) is 12.2. The van der Waals surface area contributed by atoms with E-state index in [-0.39, 0.29) is 5.56 Å². The second-order valence-electron chi connectivity index (χ2n) is 3.76. The van der Waals surface area contributed by atoms with Crippen molar-refractivity contribution in [3.63, 3.8) is 0 Å². The molecule has 18 heavy (non-hydrogen) atoms. The first kappa shape index (κ1) is 12.2. The van der Waals surface area contributed by atoms with Gasteiger partial charge in [-0.1, -0.05) is 0 Å². The van der Waals surface area contributed by atoms with E-state index < -0.39 is 5.97 Å². The molecule has 2 aromatic heterocycles. The largest absolute Gasteiger partial charge is 0.478 e. The van der Waals surface area contributed by atoms with E-state index in [0.717, 1.165) is 5.56 Å². The average Bonchev–Trinajstić information content (AvgIpc) is 2.40. The molecule has 0 amide bonds. The minimum Gasteiger partial charge on any atom is -0.478 e. The van der Waals surface area contributed by atoms with Crippen LogP contribution in [0.1, 0.15) is 21.6 Å². The predicted octanol–water partition coefficient (Wildman–Crippen LogP) is 1.46. The number of nitrogens with zero attached hydrogens (tertiary/aromatic N) is 2. The van der Waals surface area contributed by atoms with Gasteiger partial charge in [0.25, 0.3) is 0 Å². The Balaban J connectivity index is 1.97. The molecule has 92 valence electrons. The Morgan fingerprint density at radius 3 is 2.67 bits per heavy atom. The molecule has 0 aliphatic heterocycles. The molecule has 0 unspecified atom stereocenters. The maximum absolute atomic E-state index is 11.0. The number of aromatic carboxylic acids is 1. The number of rotatable bonds is 5. The van der Waals surface area contributed by atoms with E-state index in [2.05, 4.69) is 15.3 Å². The van der Waals surface area contributed by atoms with Gasteiger partial charge in [-0.25, -0.2) is 4.79 Å². The topological polar surface area (TPSA) is 75.1 Å². The van der Waals surface area contributed by atoms with Crippen LogP contribution in [-0.2, 0) is 13.1 Å². The van der Waals surface area contributed by atoms with E-state index in [1.54, 1.807) is 30.7 Å². The summed E-state index contributed by atoms with van der Waals surface area (Å²) in [7, 11) is 0. The maximum Gasteiger partial charge on any atom is 0.337 e. The summed E-state index contributed by atoms with van der Waals surface area (Å²) in [5.41, 5.74) is 1.87. The summed E-state index contributed by atoms with van der Waals surface area (Å²) in [5.74, 6) is -0.955. The smallest absolute Gasteiger partial charge is 0.337 e. The summed E-state index contributed by atoms with van der Waals surface area (Å²) in [6, 6.07) is 6.99. The van der Waals surface area contributed by atoms with Gasteiger partial charge in [-0.2, -0.15) is 0 Å². The number of carboxylic acids is 1. The van der Waals surface area contributed by atoms with E-state index in [9.17, 15) is 4.79 Å². The van der Waals surface area contributed by atoms with Crippen LogP contribution in [0, 0.1) is 0 Å².